The van der Waals surface area contributed by atoms with Gasteiger partial charge in [-0.1, -0.05) is 0 Å². The zero-order valence-corrected chi connectivity index (χ0v) is 10.1. The third kappa shape index (κ3) is 2.01. The highest BCUT2D eigenvalue weighted by Gasteiger charge is 2.30. The normalized spacial score (nSPS) is 18.3. The number of nitrogens with one attached hydrogen (secondary N) is 1. The number of carbonyl (C=O) groups is 1. The highest BCUT2D eigenvalue weighted by atomic mass is 16.2. The third-order valence-corrected chi connectivity index (χ3v) is 3.05. The number of rotatable bonds is 2. The van der Waals surface area contributed by atoms with Crippen LogP contribution in [0.3, 0.4) is 0 Å². The largest absolute Gasteiger partial charge is 0.386 e. The minimum Gasteiger partial charge on any atom is -0.386 e. The van der Waals surface area contributed by atoms with Crippen LogP contribution in [0.25, 0.3) is 0 Å². The second-order valence-corrected chi connectivity index (χ2v) is 4.17. The van der Waals surface area contributed by atoms with Crippen LogP contribution in [0.4, 0.5) is 11.4 Å². The van der Waals surface area contributed by atoms with Gasteiger partial charge in [0.25, 0.3) is 0 Å². The number of hydrogen-bond donors (Lipinski definition) is 1. The Balaban J connectivity index is 2.42. The van der Waals surface area contributed by atoms with Gasteiger partial charge in [-0.25, -0.2) is 0 Å². The Hall–Kier alpha value is -2.46. The second kappa shape index (κ2) is 4.81. The van der Waals surface area contributed by atoms with Gasteiger partial charge in [0.1, 0.15) is 0 Å². The van der Waals surface area contributed by atoms with Crippen molar-refractivity contribution in [2.45, 2.75) is 6.42 Å². The Morgan fingerprint density at radius 1 is 1.56 bits per heavy atom. The number of hydrogen-bond acceptors (Lipinski definition) is 3. The van der Waals surface area contributed by atoms with Crippen LogP contribution in [0.2, 0.25) is 0 Å². The van der Waals surface area contributed by atoms with Gasteiger partial charge < -0.3 is 10.2 Å². The number of nitriles is 1. The predicted octanol–water partition coefficient (Wildman–Crippen LogP) is 1.59. The van der Waals surface area contributed by atoms with Crippen LogP contribution >= 0.6 is 0 Å². The maximum Gasteiger partial charge on any atom is 0.228 e. The Labute approximate surface area is 106 Å². The lowest BCUT2D eigenvalue weighted by atomic mass is 10.1. The molecule has 1 amide bonds. The van der Waals surface area contributed by atoms with Crippen molar-refractivity contribution >= 4 is 17.3 Å². The molecule has 0 aromatic heterocycles. The summed E-state index contributed by atoms with van der Waals surface area (Å²) in [5, 5.41) is 11.9. The van der Waals surface area contributed by atoms with Gasteiger partial charge in [-0.05, 0) is 18.2 Å². The molecular formula is C14H13N3O. The average molecular weight is 239 g/mol. The van der Waals surface area contributed by atoms with Crippen molar-refractivity contribution in [2.24, 2.45) is 5.92 Å². The smallest absolute Gasteiger partial charge is 0.228 e. The molecule has 1 saturated heterocycles. The monoisotopic (exact) mass is 239 g/mol. The lowest BCUT2D eigenvalue weighted by Gasteiger charge is -2.20. The fourth-order valence-electron chi connectivity index (χ4n) is 2.09. The molecular weight excluding hydrogens is 226 g/mol. The van der Waals surface area contributed by atoms with Gasteiger partial charge in [-0.2, -0.15) is 5.26 Å². The van der Waals surface area contributed by atoms with E-state index in [0.717, 1.165) is 11.4 Å². The van der Waals surface area contributed by atoms with Gasteiger partial charge in [-0.15, -0.1) is 12.3 Å². The average Bonchev–Trinajstić information content (AvgIpc) is 2.79. The lowest BCUT2D eigenvalue weighted by Crippen LogP contribution is -2.25. The van der Waals surface area contributed by atoms with Gasteiger partial charge in [0.05, 0.1) is 23.0 Å². The van der Waals surface area contributed by atoms with Crippen molar-refractivity contribution in [3.63, 3.8) is 0 Å². The molecule has 4 nitrogen and oxygen atoms in total. The fraction of sp³-hybridized carbons (Fsp3) is 0.286. The third-order valence-electron chi connectivity index (χ3n) is 3.05. The van der Waals surface area contributed by atoms with Crippen molar-refractivity contribution < 1.29 is 4.79 Å². The van der Waals surface area contributed by atoms with E-state index >= 15 is 0 Å². The summed E-state index contributed by atoms with van der Waals surface area (Å²) < 4.78 is 0. The van der Waals surface area contributed by atoms with Crippen LogP contribution in [0, 0.1) is 29.6 Å². The molecule has 1 N–H and O–H groups in total. The van der Waals surface area contributed by atoms with E-state index in [-0.39, 0.29) is 11.8 Å². The topological polar surface area (TPSA) is 56.1 Å². The van der Waals surface area contributed by atoms with Gasteiger partial charge >= 0.3 is 0 Å². The fourth-order valence-corrected chi connectivity index (χ4v) is 2.09. The molecule has 0 bridgehead atoms. The van der Waals surface area contributed by atoms with Crippen LogP contribution in [0.5, 0.6) is 0 Å². The molecule has 1 aromatic carbocycles. The predicted molar refractivity (Wildman–Crippen MR) is 70.0 cm³/mol. The summed E-state index contributed by atoms with van der Waals surface area (Å²) in [6, 6.07) is 7.30. The SMILES string of the molecule is C#CC1CC(=O)N(c2cc(C#N)ccc2NC)C1. The Morgan fingerprint density at radius 2 is 2.33 bits per heavy atom. The first kappa shape index (κ1) is 12.0. The molecule has 4 heteroatoms. The van der Waals surface area contributed by atoms with Crippen LogP contribution in [0.1, 0.15) is 12.0 Å². The highest BCUT2D eigenvalue weighted by molar-refractivity contribution is 5.99. The first-order valence-corrected chi connectivity index (χ1v) is 5.68. The molecule has 1 aliphatic heterocycles. The van der Waals surface area contributed by atoms with Crippen molar-refractivity contribution in [1.29, 1.82) is 5.26 Å². The first-order chi connectivity index (χ1) is 8.69. The molecule has 2 rings (SSSR count). The first-order valence-electron chi connectivity index (χ1n) is 5.68. The van der Waals surface area contributed by atoms with E-state index in [1.165, 1.54) is 0 Å². The number of carbonyl (C=O) groups excluding carboxylic acids is 1. The Morgan fingerprint density at radius 3 is 2.89 bits per heavy atom. The molecule has 18 heavy (non-hydrogen) atoms. The van der Waals surface area contributed by atoms with Gasteiger partial charge in [-0.3, -0.25) is 4.79 Å². The lowest BCUT2D eigenvalue weighted by molar-refractivity contribution is -0.117. The minimum atomic E-state index is -0.0482. The summed E-state index contributed by atoms with van der Waals surface area (Å²) in [4.78, 5) is 13.6. The van der Waals surface area contributed by atoms with Crippen LogP contribution in [0.15, 0.2) is 18.2 Å². The second-order valence-electron chi connectivity index (χ2n) is 4.17. The van der Waals surface area contributed by atoms with E-state index < -0.39 is 0 Å². The molecule has 1 fully saturated rings. The maximum atomic E-state index is 11.9. The standard InChI is InChI=1S/C14H13N3O/c1-3-10-7-14(18)17(9-10)13-6-11(8-15)4-5-12(13)16-2/h1,4-6,10,16H,7,9H2,2H3. The van der Waals surface area contributed by atoms with Crippen molar-refractivity contribution in [1.82, 2.24) is 0 Å². The van der Waals surface area contributed by atoms with Gasteiger partial charge in [0.15, 0.2) is 0 Å². The molecule has 90 valence electrons. The van der Waals surface area contributed by atoms with Gasteiger partial charge in [0.2, 0.25) is 5.91 Å². The molecule has 0 saturated carbocycles. The Bertz CT molecular complexity index is 565. The van der Waals surface area contributed by atoms with E-state index in [9.17, 15) is 4.79 Å². The zero-order valence-electron chi connectivity index (χ0n) is 10.1. The van der Waals surface area contributed by atoms with Crippen molar-refractivity contribution in [3.05, 3.63) is 23.8 Å². The van der Waals surface area contributed by atoms with Crippen LogP contribution < -0.4 is 10.2 Å². The van der Waals surface area contributed by atoms with E-state index in [4.69, 9.17) is 11.7 Å². The number of anilines is 2. The quantitative estimate of drug-likeness (QED) is 0.797. The molecule has 1 atom stereocenters. The van der Waals surface area contributed by atoms with E-state index in [0.29, 0.717) is 18.5 Å². The maximum absolute atomic E-state index is 11.9. The van der Waals surface area contributed by atoms with E-state index in [2.05, 4.69) is 17.3 Å². The summed E-state index contributed by atoms with van der Waals surface area (Å²) in [7, 11) is 1.78. The zero-order chi connectivity index (χ0) is 13.1. The molecule has 1 aliphatic rings. The van der Waals surface area contributed by atoms with E-state index in [1.807, 2.05) is 0 Å². The van der Waals surface area contributed by atoms with Crippen LogP contribution in [-0.4, -0.2) is 19.5 Å². The summed E-state index contributed by atoms with van der Waals surface area (Å²) in [6.07, 6.45) is 5.74. The highest BCUT2D eigenvalue weighted by Crippen LogP contribution is 2.31. The molecule has 1 aromatic rings. The molecule has 0 spiro atoms. The van der Waals surface area contributed by atoms with Crippen LogP contribution in [-0.2, 0) is 4.79 Å². The van der Waals surface area contributed by atoms with Crippen molar-refractivity contribution in [2.75, 3.05) is 23.8 Å². The molecule has 1 unspecified atom stereocenters. The minimum absolute atomic E-state index is 0.00420. The Kier molecular flexibility index (Phi) is 3.21. The molecule has 0 radical (unpaired) electrons. The summed E-state index contributed by atoms with van der Waals surface area (Å²) >= 11 is 0. The number of nitrogens with zero attached hydrogens (tertiary/aromatic N) is 2. The summed E-state index contributed by atoms with van der Waals surface area (Å²) in [6.45, 7) is 0.513. The number of benzene rings is 1. The summed E-state index contributed by atoms with van der Waals surface area (Å²) in [5.74, 6) is 2.57. The van der Waals surface area contributed by atoms with Crippen molar-refractivity contribution in [3.8, 4) is 18.4 Å². The molecule has 0 aliphatic carbocycles. The number of amides is 1. The summed E-state index contributed by atoms with van der Waals surface area (Å²) in [5.41, 5.74) is 2.07. The van der Waals surface area contributed by atoms with E-state index in [1.54, 1.807) is 30.1 Å². The molecule has 1 heterocycles. The number of terminal acetylenes is 1. The van der Waals surface area contributed by atoms with Gasteiger partial charge in [0, 0.05) is 25.9 Å².